The predicted octanol–water partition coefficient (Wildman–Crippen LogP) is 5.07. The number of hydrogen-bond donors (Lipinski definition) is 0. The van der Waals surface area contributed by atoms with Crippen molar-refractivity contribution in [3.8, 4) is 0 Å². The zero-order chi connectivity index (χ0) is 17.8. The van der Waals surface area contributed by atoms with Crippen LogP contribution in [0.15, 0.2) is 91.0 Å². The van der Waals surface area contributed by atoms with Gasteiger partial charge in [0.15, 0.2) is 0 Å². The van der Waals surface area contributed by atoms with Gasteiger partial charge in [-0.15, -0.1) is 11.8 Å². The SMILES string of the molecule is O=C1C(SCc2ccccc2)C(c2ccccc2)N1Cc1ccccc1. The maximum Gasteiger partial charge on any atom is 0.239 e. The molecule has 26 heavy (non-hydrogen) atoms. The molecular weight excluding hydrogens is 338 g/mol. The Morgan fingerprint density at radius 3 is 1.88 bits per heavy atom. The number of rotatable bonds is 6. The lowest BCUT2D eigenvalue weighted by Gasteiger charge is -2.47. The number of hydrogen-bond acceptors (Lipinski definition) is 2. The topological polar surface area (TPSA) is 20.3 Å². The average molecular weight is 359 g/mol. The van der Waals surface area contributed by atoms with Crippen LogP contribution in [0.25, 0.3) is 0 Å². The molecule has 3 heteroatoms. The third kappa shape index (κ3) is 3.54. The van der Waals surface area contributed by atoms with E-state index in [0.29, 0.717) is 6.54 Å². The Kier molecular flexibility index (Phi) is 5.07. The number of carbonyl (C=O) groups excluding carboxylic acids is 1. The van der Waals surface area contributed by atoms with E-state index in [1.54, 1.807) is 11.8 Å². The highest BCUT2D eigenvalue weighted by Gasteiger charge is 2.47. The van der Waals surface area contributed by atoms with Gasteiger partial charge >= 0.3 is 0 Å². The zero-order valence-electron chi connectivity index (χ0n) is 14.5. The lowest BCUT2D eigenvalue weighted by Crippen LogP contribution is -2.56. The van der Waals surface area contributed by atoms with E-state index < -0.39 is 0 Å². The van der Waals surface area contributed by atoms with Crippen molar-refractivity contribution < 1.29 is 4.79 Å². The highest BCUT2D eigenvalue weighted by molar-refractivity contribution is 8.00. The highest BCUT2D eigenvalue weighted by Crippen LogP contribution is 2.44. The number of benzene rings is 3. The second-order valence-corrected chi connectivity index (χ2v) is 7.65. The molecule has 130 valence electrons. The summed E-state index contributed by atoms with van der Waals surface area (Å²) in [6.45, 7) is 0.668. The van der Waals surface area contributed by atoms with E-state index in [1.165, 1.54) is 16.7 Å². The van der Waals surface area contributed by atoms with Crippen LogP contribution in [0.1, 0.15) is 22.7 Å². The van der Waals surface area contributed by atoms with E-state index in [0.717, 1.165) is 5.75 Å². The zero-order valence-corrected chi connectivity index (χ0v) is 15.3. The monoisotopic (exact) mass is 359 g/mol. The molecule has 0 N–H and O–H groups in total. The van der Waals surface area contributed by atoms with Crippen molar-refractivity contribution in [2.24, 2.45) is 0 Å². The standard InChI is InChI=1S/C23H21NOS/c25-23-22(26-17-19-12-6-2-7-13-19)21(20-14-8-3-9-15-20)24(23)16-18-10-4-1-5-11-18/h1-15,21-22H,16-17H2. The second-order valence-electron chi connectivity index (χ2n) is 6.52. The number of β-lactam (4-membered cyclic amide) rings is 1. The molecule has 1 aliphatic heterocycles. The van der Waals surface area contributed by atoms with Crippen LogP contribution in [0, 0.1) is 0 Å². The van der Waals surface area contributed by atoms with Gasteiger partial charge in [0, 0.05) is 12.3 Å². The largest absolute Gasteiger partial charge is 0.329 e. The Labute approximate surface area is 158 Å². The molecule has 1 amide bonds. The molecule has 1 saturated heterocycles. The van der Waals surface area contributed by atoms with Gasteiger partial charge in [-0.05, 0) is 16.7 Å². The van der Waals surface area contributed by atoms with E-state index in [2.05, 4.69) is 60.7 Å². The Balaban J connectivity index is 1.53. The molecule has 2 atom stereocenters. The highest BCUT2D eigenvalue weighted by atomic mass is 32.2. The number of carbonyl (C=O) groups is 1. The third-order valence-corrected chi connectivity index (χ3v) is 6.08. The molecule has 0 radical (unpaired) electrons. The van der Waals surface area contributed by atoms with E-state index in [1.807, 2.05) is 35.2 Å². The molecule has 2 nitrogen and oxygen atoms in total. The van der Waals surface area contributed by atoms with E-state index in [4.69, 9.17) is 0 Å². The summed E-state index contributed by atoms with van der Waals surface area (Å²) in [6.07, 6.45) is 0. The molecular formula is C23H21NOS. The Morgan fingerprint density at radius 2 is 1.27 bits per heavy atom. The van der Waals surface area contributed by atoms with Crippen LogP contribution in [0.5, 0.6) is 0 Å². The van der Waals surface area contributed by atoms with Gasteiger partial charge in [0.2, 0.25) is 5.91 Å². The fourth-order valence-corrected chi connectivity index (χ4v) is 4.73. The van der Waals surface area contributed by atoms with Gasteiger partial charge in [-0.25, -0.2) is 0 Å². The normalized spacial score (nSPS) is 19.2. The molecule has 2 unspecified atom stereocenters. The fraction of sp³-hybridized carbons (Fsp3) is 0.174. The van der Waals surface area contributed by atoms with E-state index >= 15 is 0 Å². The summed E-state index contributed by atoms with van der Waals surface area (Å²) in [5.74, 6) is 1.10. The van der Waals surface area contributed by atoms with Gasteiger partial charge in [-0.2, -0.15) is 0 Å². The van der Waals surface area contributed by atoms with Crippen molar-refractivity contribution in [3.63, 3.8) is 0 Å². The summed E-state index contributed by atoms with van der Waals surface area (Å²) < 4.78 is 0. The molecule has 3 aromatic carbocycles. The molecule has 3 aromatic rings. The van der Waals surface area contributed by atoms with Gasteiger partial charge in [-0.1, -0.05) is 91.0 Å². The summed E-state index contributed by atoms with van der Waals surface area (Å²) >= 11 is 1.75. The van der Waals surface area contributed by atoms with Crippen molar-refractivity contribution >= 4 is 17.7 Å². The van der Waals surface area contributed by atoms with Crippen LogP contribution < -0.4 is 0 Å². The van der Waals surface area contributed by atoms with Gasteiger partial charge in [0.1, 0.15) is 5.25 Å². The van der Waals surface area contributed by atoms with Crippen molar-refractivity contribution in [1.82, 2.24) is 4.90 Å². The van der Waals surface area contributed by atoms with E-state index in [9.17, 15) is 4.79 Å². The smallest absolute Gasteiger partial charge is 0.239 e. The van der Waals surface area contributed by atoms with Crippen LogP contribution in [-0.4, -0.2) is 16.1 Å². The number of likely N-dealkylation sites (tertiary alicyclic amines) is 1. The third-order valence-electron chi connectivity index (χ3n) is 4.76. The van der Waals surface area contributed by atoms with Crippen LogP contribution in [0.2, 0.25) is 0 Å². The number of nitrogens with zero attached hydrogens (tertiary/aromatic N) is 1. The molecule has 1 heterocycles. The summed E-state index contributed by atoms with van der Waals surface area (Å²) in [4.78, 5) is 14.9. The first kappa shape index (κ1) is 16.9. The molecule has 0 aliphatic carbocycles. The quantitative estimate of drug-likeness (QED) is 0.573. The first-order valence-corrected chi connectivity index (χ1v) is 9.93. The van der Waals surface area contributed by atoms with Gasteiger partial charge in [0.05, 0.1) is 6.04 Å². The van der Waals surface area contributed by atoms with Gasteiger partial charge in [-0.3, -0.25) is 4.79 Å². The maximum absolute atomic E-state index is 12.9. The molecule has 0 aromatic heterocycles. The lowest BCUT2D eigenvalue weighted by atomic mass is 9.92. The number of amides is 1. The van der Waals surface area contributed by atoms with Crippen molar-refractivity contribution in [3.05, 3.63) is 108 Å². The number of thioether (sulfide) groups is 1. The summed E-state index contributed by atoms with van der Waals surface area (Å²) in [5, 5.41) is -0.0127. The molecule has 4 rings (SSSR count). The minimum atomic E-state index is -0.0127. The molecule has 0 spiro atoms. The Hall–Kier alpha value is -2.52. The van der Waals surface area contributed by atoms with Crippen LogP contribution >= 0.6 is 11.8 Å². The lowest BCUT2D eigenvalue weighted by molar-refractivity contribution is -0.146. The molecule has 1 aliphatic rings. The van der Waals surface area contributed by atoms with Crippen LogP contribution in [0.3, 0.4) is 0 Å². The second kappa shape index (κ2) is 7.79. The molecule has 1 fully saturated rings. The van der Waals surface area contributed by atoms with Crippen molar-refractivity contribution in [2.45, 2.75) is 23.6 Å². The summed E-state index contributed by atoms with van der Waals surface area (Å²) in [6, 6.07) is 31.1. The first-order valence-electron chi connectivity index (χ1n) is 8.88. The Bertz CT molecular complexity index is 851. The van der Waals surface area contributed by atoms with Crippen LogP contribution in [0.4, 0.5) is 0 Å². The molecule has 0 bridgehead atoms. The fourth-order valence-electron chi connectivity index (χ4n) is 3.40. The van der Waals surface area contributed by atoms with Gasteiger partial charge < -0.3 is 4.90 Å². The first-order chi connectivity index (χ1) is 12.8. The summed E-state index contributed by atoms with van der Waals surface area (Å²) in [7, 11) is 0. The molecule has 0 saturated carbocycles. The van der Waals surface area contributed by atoms with Crippen molar-refractivity contribution in [2.75, 3.05) is 0 Å². The average Bonchev–Trinajstić information content (AvgIpc) is 2.71. The van der Waals surface area contributed by atoms with Gasteiger partial charge in [0.25, 0.3) is 0 Å². The maximum atomic E-state index is 12.9. The van der Waals surface area contributed by atoms with Crippen LogP contribution in [-0.2, 0) is 17.1 Å². The van der Waals surface area contributed by atoms with Crippen molar-refractivity contribution in [1.29, 1.82) is 0 Å². The predicted molar refractivity (Wildman–Crippen MR) is 108 cm³/mol. The Morgan fingerprint density at radius 1 is 0.731 bits per heavy atom. The minimum Gasteiger partial charge on any atom is -0.329 e. The minimum absolute atomic E-state index is 0.0127. The van der Waals surface area contributed by atoms with E-state index in [-0.39, 0.29) is 17.2 Å². The summed E-state index contributed by atoms with van der Waals surface area (Å²) in [5.41, 5.74) is 3.65.